The molecule has 1 amide bonds. The molecule has 0 spiro atoms. The molecule has 0 aliphatic heterocycles. The summed E-state index contributed by atoms with van der Waals surface area (Å²) in [4.78, 5) is 13.8. The molecule has 0 unspecified atom stereocenters. The van der Waals surface area contributed by atoms with Crippen LogP contribution >= 0.6 is 0 Å². The molecule has 3 heteroatoms. The normalized spacial score (nSPS) is 10.7. The number of aromatic nitrogens is 1. The molecule has 0 aliphatic carbocycles. The summed E-state index contributed by atoms with van der Waals surface area (Å²) in [7, 11) is 1.98. The van der Waals surface area contributed by atoms with E-state index in [9.17, 15) is 4.79 Å². The number of nitrogens with zero attached hydrogens (tertiary/aromatic N) is 2. The van der Waals surface area contributed by atoms with Crippen molar-refractivity contribution in [1.29, 1.82) is 0 Å². The fourth-order valence-electron chi connectivity index (χ4n) is 2.54. The molecule has 0 bridgehead atoms. The number of carbonyl (C=O) groups is 1. The summed E-state index contributed by atoms with van der Waals surface area (Å²) in [6.45, 7) is 1.59. The first-order valence-corrected chi connectivity index (χ1v) is 6.58. The van der Waals surface area contributed by atoms with Crippen LogP contribution in [-0.4, -0.2) is 10.5 Å². The maximum absolute atomic E-state index is 12.1. The summed E-state index contributed by atoms with van der Waals surface area (Å²) < 4.78 is 2.05. The van der Waals surface area contributed by atoms with Crippen LogP contribution in [0.3, 0.4) is 0 Å². The molecule has 3 rings (SSSR count). The molecular weight excluding hydrogens is 248 g/mol. The Morgan fingerprint density at radius 1 is 1.00 bits per heavy atom. The van der Waals surface area contributed by atoms with Gasteiger partial charge in [0.1, 0.15) is 5.82 Å². The predicted molar refractivity (Wildman–Crippen MR) is 82.2 cm³/mol. The number of para-hydroxylation sites is 2. The van der Waals surface area contributed by atoms with Crippen LogP contribution in [0.25, 0.3) is 10.9 Å². The summed E-state index contributed by atoms with van der Waals surface area (Å²) >= 11 is 0. The standard InChI is InChI=1S/C17H16N2O/c1-13(20)19(15-9-4-3-5-10-15)17-12-14-8-6-7-11-16(14)18(17)2/h3-12H,1-2H3. The number of hydrogen-bond acceptors (Lipinski definition) is 1. The molecule has 3 aromatic rings. The Labute approximate surface area is 118 Å². The van der Waals surface area contributed by atoms with Gasteiger partial charge in [-0.1, -0.05) is 36.4 Å². The lowest BCUT2D eigenvalue weighted by molar-refractivity contribution is -0.115. The van der Waals surface area contributed by atoms with Gasteiger partial charge < -0.3 is 4.57 Å². The van der Waals surface area contributed by atoms with E-state index in [1.165, 1.54) is 0 Å². The monoisotopic (exact) mass is 264 g/mol. The van der Waals surface area contributed by atoms with Gasteiger partial charge in [0.05, 0.1) is 5.69 Å². The molecule has 1 aromatic heterocycles. The quantitative estimate of drug-likeness (QED) is 0.690. The molecule has 2 aromatic carbocycles. The van der Waals surface area contributed by atoms with E-state index in [2.05, 4.69) is 12.1 Å². The van der Waals surface area contributed by atoms with Crippen LogP contribution in [0.1, 0.15) is 6.92 Å². The van der Waals surface area contributed by atoms with Crippen molar-refractivity contribution in [3.8, 4) is 0 Å². The fraction of sp³-hybridized carbons (Fsp3) is 0.118. The Morgan fingerprint density at radius 2 is 1.65 bits per heavy atom. The molecule has 100 valence electrons. The van der Waals surface area contributed by atoms with Gasteiger partial charge in [-0.2, -0.15) is 0 Å². The smallest absolute Gasteiger partial charge is 0.229 e. The van der Waals surface area contributed by atoms with Gasteiger partial charge in [-0.05, 0) is 24.3 Å². The minimum Gasteiger partial charge on any atom is -0.330 e. The SMILES string of the molecule is CC(=O)N(c1ccccc1)c1cc2ccccc2n1C. The Kier molecular flexibility index (Phi) is 3.03. The van der Waals surface area contributed by atoms with E-state index >= 15 is 0 Å². The van der Waals surface area contributed by atoms with Crippen molar-refractivity contribution in [1.82, 2.24) is 4.57 Å². The number of benzene rings is 2. The lowest BCUT2D eigenvalue weighted by Crippen LogP contribution is -2.24. The number of rotatable bonds is 2. The van der Waals surface area contributed by atoms with E-state index in [1.54, 1.807) is 11.8 Å². The average Bonchev–Trinajstić information content (AvgIpc) is 2.78. The molecule has 3 nitrogen and oxygen atoms in total. The van der Waals surface area contributed by atoms with Crippen LogP contribution in [0, 0.1) is 0 Å². The third-order valence-corrected chi connectivity index (χ3v) is 3.48. The predicted octanol–water partition coefficient (Wildman–Crippen LogP) is 3.86. The Balaban J connectivity index is 2.20. The van der Waals surface area contributed by atoms with Crippen LogP contribution < -0.4 is 4.90 Å². The highest BCUT2D eigenvalue weighted by molar-refractivity contribution is 6.01. The van der Waals surface area contributed by atoms with Gasteiger partial charge in [0, 0.05) is 24.9 Å². The van der Waals surface area contributed by atoms with Crippen molar-refractivity contribution in [2.45, 2.75) is 6.92 Å². The van der Waals surface area contributed by atoms with E-state index in [0.29, 0.717) is 0 Å². The molecule has 0 fully saturated rings. The van der Waals surface area contributed by atoms with Crippen LogP contribution in [0.15, 0.2) is 60.7 Å². The first-order valence-electron chi connectivity index (χ1n) is 6.58. The molecule has 0 saturated carbocycles. The van der Waals surface area contributed by atoms with Crippen LogP contribution in [0.2, 0.25) is 0 Å². The zero-order chi connectivity index (χ0) is 14.1. The topological polar surface area (TPSA) is 25.2 Å². The van der Waals surface area contributed by atoms with E-state index in [1.807, 2.05) is 60.1 Å². The zero-order valence-corrected chi connectivity index (χ0v) is 11.6. The second-order valence-corrected chi connectivity index (χ2v) is 4.81. The maximum atomic E-state index is 12.1. The first kappa shape index (κ1) is 12.5. The molecule has 0 saturated heterocycles. The zero-order valence-electron chi connectivity index (χ0n) is 11.6. The highest BCUT2D eigenvalue weighted by Gasteiger charge is 2.18. The largest absolute Gasteiger partial charge is 0.330 e. The first-order chi connectivity index (χ1) is 9.68. The van der Waals surface area contributed by atoms with Crippen LogP contribution in [-0.2, 0) is 11.8 Å². The van der Waals surface area contributed by atoms with Gasteiger partial charge in [-0.15, -0.1) is 0 Å². The fourth-order valence-corrected chi connectivity index (χ4v) is 2.54. The lowest BCUT2D eigenvalue weighted by Gasteiger charge is -2.21. The summed E-state index contributed by atoms with van der Waals surface area (Å²) in [5.41, 5.74) is 2.00. The highest BCUT2D eigenvalue weighted by atomic mass is 16.2. The molecule has 20 heavy (non-hydrogen) atoms. The average molecular weight is 264 g/mol. The van der Waals surface area contributed by atoms with Crippen molar-refractivity contribution in [2.24, 2.45) is 7.05 Å². The number of amides is 1. The minimum absolute atomic E-state index is 0.00195. The van der Waals surface area contributed by atoms with Gasteiger partial charge in [0.2, 0.25) is 5.91 Å². The third-order valence-electron chi connectivity index (χ3n) is 3.48. The van der Waals surface area contributed by atoms with Gasteiger partial charge >= 0.3 is 0 Å². The third kappa shape index (κ3) is 1.97. The number of fused-ring (bicyclic) bond motifs is 1. The van der Waals surface area contributed by atoms with Crippen molar-refractivity contribution in [2.75, 3.05) is 4.90 Å². The Morgan fingerprint density at radius 3 is 2.30 bits per heavy atom. The van der Waals surface area contributed by atoms with Gasteiger partial charge in [-0.25, -0.2) is 0 Å². The molecule has 0 aliphatic rings. The van der Waals surface area contributed by atoms with E-state index in [-0.39, 0.29) is 5.91 Å². The number of aryl methyl sites for hydroxylation is 1. The van der Waals surface area contributed by atoms with Crippen molar-refractivity contribution in [3.63, 3.8) is 0 Å². The second kappa shape index (κ2) is 4.85. The van der Waals surface area contributed by atoms with Gasteiger partial charge in [0.25, 0.3) is 0 Å². The molecule has 0 atom stereocenters. The Hall–Kier alpha value is -2.55. The highest BCUT2D eigenvalue weighted by Crippen LogP contribution is 2.30. The number of hydrogen-bond donors (Lipinski definition) is 0. The second-order valence-electron chi connectivity index (χ2n) is 4.81. The van der Waals surface area contributed by atoms with Crippen molar-refractivity contribution >= 4 is 28.3 Å². The lowest BCUT2D eigenvalue weighted by atomic mass is 10.2. The van der Waals surface area contributed by atoms with Gasteiger partial charge in [-0.3, -0.25) is 9.69 Å². The van der Waals surface area contributed by atoms with Crippen LogP contribution in [0.5, 0.6) is 0 Å². The van der Waals surface area contributed by atoms with E-state index < -0.39 is 0 Å². The molecular formula is C17H16N2O. The number of anilines is 2. The summed E-state index contributed by atoms with van der Waals surface area (Å²) in [5, 5.41) is 1.13. The Bertz CT molecular complexity index is 759. The van der Waals surface area contributed by atoms with Gasteiger partial charge in [0.15, 0.2) is 0 Å². The molecule has 0 N–H and O–H groups in total. The molecule has 1 heterocycles. The van der Waals surface area contributed by atoms with Crippen molar-refractivity contribution < 1.29 is 4.79 Å². The summed E-state index contributed by atoms with van der Waals surface area (Å²) in [6.07, 6.45) is 0. The van der Waals surface area contributed by atoms with E-state index in [0.717, 1.165) is 22.4 Å². The summed E-state index contributed by atoms with van der Waals surface area (Å²) in [6, 6.07) is 19.9. The van der Waals surface area contributed by atoms with Crippen LogP contribution in [0.4, 0.5) is 11.5 Å². The summed E-state index contributed by atoms with van der Waals surface area (Å²) in [5.74, 6) is 0.881. The van der Waals surface area contributed by atoms with Crippen molar-refractivity contribution in [3.05, 3.63) is 60.7 Å². The minimum atomic E-state index is 0.00195. The number of carbonyl (C=O) groups excluding carboxylic acids is 1. The maximum Gasteiger partial charge on any atom is 0.229 e. The molecule has 0 radical (unpaired) electrons. The van der Waals surface area contributed by atoms with E-state index in [4.69, 9.17) is 0 Å².